The lowest BCUT2D eigenvalue weighted by molar-refractivity contribution is 0.446. The first-order valence-electron chi connectivity index (χ1n) is 23.6. The molecule has 338 valence electrons. The van der Waals surface area contributed by atoms with E-state index in [-0.39, 0.29) is 32.8 Å². The third-order valence-corrected chi connectivity index (χ3v) is 13.1. The quantitative estimate of drug-likeness (QED) is 0.181. The number of phenolic OH excluding ortho intramolecular Hbond substituents is 1. The van der Waals surface area contributed by atoms with Crippen molar-refractivity contribution in [2.24, 2.45) is 0 Å². The third-order valence-electron chi connectivity index (χ3n) is 13.1. The van der Waals surface area contributed by atoms with Crippen molar-refractivity contribution in [2.75, 3.05) is 0 Å². The van der Waals surface area contributed by atoms with E-state index in [1.165, 1.54) is 22.3 Å². The molecular weight excluding hydrogens is 803 g/mol. The monoisotopic (exact) mass is 872 g/mol. The molecule has 0 saturated carbocycles. The highest BCUT2D eigenvalue weighted by atomic mass is 16.3. The lowest BCUT2D eigenvalue weighted by Crippen LogP contribution is -2.17. The molecule has 4 heteroatoms. The number of fused-ring (bicyclic) bond motifs is 1. The Morgan fingerprint density at radius 1 is 0.409 bits per heavy atom. The predicted octanol–water partition coefficient (Wildman–Crippen LogP) is 16.9. The summed E-state index contributed by atoms with van der Waals surface area (Å²) in [7, 11) is 0. The zero-order valence-corrected chi connectivity index (χ0v) is 42.1. The van der Waals surface area contributed by atoms with E-state index in [0.29, 0.717) is 11.4 Å². The van der Waals surface area contributed by atoms with Gasteiger partial charge in [-0.3, -0.25) is 9.55 Å². The normalized spacial score (nSPS) is 12.8. The van der Waals surface area contributed by atoms with Crippen LogP contribution >= 0.6 is 0 Å². The molecule has 0 amide bonds. The van der Waals surface area contributed by atoms with Gasteiger partial charge in [0.1, 0.15) is 11.6 Å². The molecular formula is C62H69N3O. The highest BCUT2D eigenvalue weighted by molar-refractivity contribution is 5.98. The van der Waals surface area contributed by atoms with Crippen molar-refractivity contribution < 1.29 is 5.11 Å². The maximum atomic E-state index is 12.6. The van der Waals surface area contributed by atoms with Crippen LogP contribution < -0.4 is 0 Å². The Kier molecular flexibility index (Phi) is 11.6. The van der Waals surface area contributed by atoms with Gasteiger partial charge < -0.3 is 5.11 Å². The minimum absolute atomic E-state index is 0.0724. The summed E-state index contributed by atoms with van der Waals surface area (Å²) in [5.41, 5.74) is 17.3. The number of benzene rings is 6. The Balaban J connectivity index is 1.43. The van der Waals surface area contributed by atoms with Crippen molar-refractivity contribution in [1.29, 1.82) is 0 Å². The van der Waals surface area contributed by atoms with Gasteiger partial charge in [0.05, 0.1) is 28.0 Å². The molecule has 4 nitrogen and oxygen atoms in total. The van der Waals surface area contributed by atoms with Crippen molar-refractivity contribution in [3.8, 4) is 67.5 Å². The second-order valence-corrected chi connectivity index (χ2v) is 23.5. The van der Waals surface area contributed by atoms with Crippen LogP contribution in [0.4, 0.5) is 0 Å². The molecule has 66 heavy (non-hydrogen) atoms. The van der Waals surface area contributed by atoms with E-state index < -0.39 is 0 Å². The summed E-state index contributed by atoms with van der Waals surface area (Å²) in [5, 5.41) is 12.6. The summed E-state index contributed by atoms with van der Waals surface area (Å²) >= 11 is 0. The summed E-state index contributed by atoms with van der Waals surface area (Å²) in [5.74, 6) is 0.962. The summed E-state index contributed by atoms with van der Waals surface area (Å²) in [6.45, 7) is 33.6. The molecule has 1 N–H and O–H groups in total. The van der Waals surface area contributed by atoms with Crippen LogP contribution in [0.15, 0.2) is 140 Å². The fourth-order valence-corrected chi connectivity index (χ4v) is 8.91. The second kappa shape index (κ2) is 16.6. The SMILES string of the molecule is CC(C)(C)c1ccc(-c2ccnc(-c3cc(-c4cccc5c4nc(-c4cc(C(C)(C)C)cc(C(C)(C)C)c4O)n5-c4ccc(C(C)(C)C)cc4-c4ccccc4)cc(C(C)(C)C)c3)c2)cc1. The fraction of sp³-hybridized carbons (Fsp3) is 0.323. The lowest BCUT2D eigenvalue weighted by atomic mass is 9.79. The van der Waals surface area contributed by atoms with Crippen LogP contribution in [0.5, 0.6) is 5.75 Å². The molecule has 2 heterocycles. The molecule has 2 aromatic heterocycles. The zero-order valence-electron chi connectivity index (χ0n) is 42.1. The molecule has 6 aromatic carbocycles. The molecule has 0 atom stereocenters. The predicted molar refractivity (Wildman–Crippen MR) is 281 cm³/mol. The largest absolute Gasteiger partial charge is 0.507 e. The van der Waals surface area contributed by atoms with Crippen molar-refractivity contribution in [3.63, 3.8) is 0 Å². The second-order valence-electron chi connectivity index (χ2n) is 23.5. The minimum Gasteiger partial charge on any atom is -0.507 e. The number of para-hydroxylation sites is 1. The Morgan fingerprint density at radius 2 is 1.00 bits per heavy atom. The van der Waals surface area contributed by atoms with Gasteiger partial charge in [-0.2, -0.15) is 0 Å². The van der Waals surface area contributed by atoms with Crippen LogP contribution in [0.2, 0.25) is 0 Å². The molecule has 8 aromatic rings. The number of rotatable bonds is 6. The molecule has 0 aliphatic heterocycles. The number of hydrogen-bond donors (Lipinski definition) is 1. The van der Waals surface area contributed by atoms with Crippen molar-refractivity contribution in [2.45, 2.75) is 131 Å². The van der Waals surface area contributed by atoms with Gasteiger partial charge in [-0.25, -0.2) is 4.98 Å². The van der Waals surface area contributed by atoms with Crippen LogP contribution in [0.25, 0.3) is 72.7 Å². The van der Waals surface area contributed by atoms with Crippen molar-refractivity contribution in [3.05, 3.63) is 167 Å². The first-order valence-corrected chi connectivity index (χ1v) is 23.6. The molecule has 0 unspecified atom stereocenters. The number of hydrogen-bond acceptors (Lipinski definition) is 3. The van der Waals surface area contributed by atoms with Gasteiger partial charge in [0, 0.05) is 28.5 Å². The van der Waals surface area contributed by atoms with E-state index in [9.17, 15) is 5.11 Å². The topological polar surface area (TPSA) is 50.9 Å². The zero-order chi connectivity index (χ0) is 47.7. The standard InChI is InChI=1S/C62H69N3O/c1-58(2,3)44-26-24-39(25-27-44)41-30-31-63-52(35-41)43-32-42(33-46(34-43)60(7,8)9)48-22-19-23-54-55(48)64-57(50-37-47(61(10,11)12)38-51(56(50)66)62(13,14)15)65(54)53-29-28-45(59(4,5)6)36-49(53)40-20-17-16-18-21-40/h16-38,66H,1-15H3. The van der Waals surface area contributed by atoms with Crippen LogP contribution in [0.1, 0.15) is 132 Å². The molecule has 0 aliphatic rings. The number of aromatic nitrogens is 3. The summed E-state index contributed by atoms with van der Waals surface area (Å²) < 4.78 is 2.30. The maximum Gasteiger partial charge on any atom is 0.149 e. The fourth-order valence-electron chi connectivity index (χ4n) is 8.91. The van der Waals surface area contributed by atoms with Gasteiger partial charge in [0.25, 0.3) is 0 Å². The van der Waals surface area contributed by atoms with E-state index in [1.54, 1.807) is 0 Å². The number of phenols is 1. The third kappa shape index (κ3) is 9.12. The Labute approximate surface area is 394 Å². The van der Waals surface area contributed by atoms with E-state index in [4.69, 9.17) is 9.97 Å². The van der Waals surface area contributed by atoms with Gasteiger partial charge >= 0.3 is 0 Å². The molecule has 8 rings (SSSR count). The van der Waals surface area contributed by atoms with E-state index >= 15 is 0 Å². The molecule has 0 aliphatic carbocycles. The summed E-state index contributed by atoms with van der Waals surface area (Å²) in [6.07, 6.45) is 1.93. The summed E-state index contributed by atoms with van der Waals surface area (Å²) in [6, 6.07) is 48.6. The van der Waals surface area contributed by atoms with E-state index in [2.05, 4.69) is 242 Å². The highest BCUT2D eigenvalue weighted by Crippen LogP contribution is 2.46. The Bertz CT molecular complexity index is 3080. The van der Waals surface area contributed by atoms with Crippen LogP contribution in [0.3, 0.4) is 0 Å². The van der Waals surface area contributed by atoms with E-state index in [0.717, 1.165) is 66.9 Å². The molecule has 0 fully saturated rings. The molecule has 0 radical (unpaired) electrons. The van der Waals surface area contributed by atoms with E-state index in [1.807, 2.05) is 6.20 Å². The summed E-state index contributed by atoms with van der Waals surface area (Å²) in [4.78, 5) is 10.7. The lowest BCUT2D eigenvalue weighted by Gasteiger charge is -2.28. The van der Waals surface area contributed by atoms with Gasteiger partial charge in [-0.1, -0.05) is 189 Å². The van der Waals surface area contributed by atoms with Gasteiger partial charge in [-0.15, -0.1) is 0 Å². The van der Waals surface area contributed by atoms with Crippen molar-refractivity contribution >= 4 is 11.0 Å². The molecule has 0 bridgehead atoms. The number of imidazole rings is 1. The van der Waals surface area contributed by atoms with Crippen LogP contribution in [0, 0.1) is 0 Å². The smallest absolute Gasteiger partial charge is 0.149 e. The molecule has 0 saturated heterocycles. The van der Waals surface area contributed by atoms with Crippen LogP contribution in [-0.2, 0) is 27.1 Å². The average Bonchev–Trinajstić information content (AvgIpc) is 3.64. The first-order chi connectivity index (χ1) is 30.8. The maximum absolute atomic E-state index is 12.6. The first kappa shape index (κ1) is 46.3. The number of pyridine rings is 1. The van der Waals surface area contributed by atoms with Crippen LogP contribution in [-0.4, -0.2) is 19.6 Å². The Morgan fingerprint density at radius 3 is 1.62 bits per heavy atom. The van der Waals surface area contributed by atoms with Gasteiger partial charge in [0.15, 0.2) is 0 Å². The number of nitrogens with zero attached hydrogens (tertiary/aromatic N) is 3. The van der Waals surface area contributed by atoms with Gasteiger partial charge in [-0.05, 0) is 120 Å². The highest BCUT2D eigenvalue weighted by Gasteiger charge is 2.30. The van der Waals surface area contributed by atoms with Crippen molar-refractivity contribution in [1.82, 2.24) is 14.5 Å². The minimum atomic E-state index is -0.323. The molecule has 0 spiro atoms. The average molecular weight is 872 g/mol. The number of aromatic hydroxyl groups is 1. The Hall–Kier alpha value is -6.26. The van der Waals surface area contributed by atoms with Gasteiger partial charge in [0.2, 0.25) is 0 Å².